The Morgan fingerprint density at radius 1 is 1.50 bits per heavy atom. The second-order valence-electron chi connectivity index (χ2n) is 2.23. The van der Waals surface area contributed by atoms with Crippen LogP contribution in [0.5, 0.6) is 5.75 Å². The molecule has 0 radical (unpaired) electrons. The number of thioether (sulfide) groups is 1. The van der Waals surface area contributed by atoms with Crippen LogP contribution in [0.1, 0.15) is 6.92 Å². The Balaban J connectivity index is 2.86. The maximum Gasteiger partial charge on any atom is 0.132 e. The molecule has 0 N–H and O–H groups in total. The van der Waals surface area contributed by atoms with Gasteiger partial charge >= 0.3 is 0 Å². The fraction of sp³-hybridized carbons (Fsp3) is 0.333. The molecule has 0 saturated heterocycles. The lowest BCUT2D eigenvalue weighted by Crippen LogP contribution is -1.86. The average molecular weight is 294 g/mol. The number of benzene rings is 1. The van der Waals surface area contributed by atoms with Gasteiger partial charge in [0.05, 0.1) is 10.7 Å². The molecule has 0 bridgehead atoms. The third-order valence-corrected chi connectivity index (χ3v) is 3.15. The van der Waals surface area contributed by atoms with Crippen molar-refractivity contribution in [3.8, 4) is 5.75 Å². The molecule has 1 nitrogen and oxygen atoms in total. The first-order valence-corrected chi connectivity index (χ1v) is 5.80. The van der Waals surface area contributed by atoms with Gasteiger partial charge in [0.25, 0.3) is 0 Å². The van der Waals surface area contributed by atoms with Gasteiger partial charge in [-0.2, -0.15) is 0 Å². The zero-order chi connectivity index (χ0) is 8.97. The van der Waals surface area contributed by atoms with Crippen LogP contribution in [0.3, 0.4) is 0 Å². The van der Waals surface area contributed by atoms with Crippen LogP contribution in [0.25, 0.3) is 0 Å². The highest BCUT2D eigenvalue weighted by Crippen LogP contribution is 2.26. The monoisotopic (exact) mass is 294 g/mol. The van der Waals surface area contributed by atoms with Crippen LogP contribution in [-0.4, -0.2) is 12.9 Å². The van der Waals surface area contributed by atoms with E-state index >= 15 is 0 Å². The van der Waals surface area contributed by atoms with Crippen LogP contribution in [0, 0.1) is 3.57 Å². The first-order chi connectivity index (χ1) is 5.77. The summed E-state index contributed by atoms with van der Waals surface area (Å²) in [6.07, 6.45) is 0. The molecule has 0 saturated carbocycles. The van der Waals surface area contributed by atoms with Gasteiger partial charge < -0.3 is 4.74 Å². The van der Waals surface area contributed by atoms with Crippen LogP contribution >= 0.6 is 34.4 Å². The van der Waals surface area contributed by atoms with Crippen molar-refractivity contribution in [3.63, 3.8) is 0 Å². The third-order valence-electron chi connectivity index (χ3n) is 1.43. The molecule has 66 valence electrons. The first-order valence-electron chi connectivity index (χ1n) is 3.74. The molecule has 0 aliphatic rings. The van der Waals surface area contributed by atoms with E-state index < -0.39 is 0 Å². The van der Waals surface area contributed by atoms with Crippen molar-refractivity contribution in [2.24, 2.45) is 0 Å². The predicted molar refractivity (Wildman–Crippen MR) is 62.1 cm³/mol. The second-order valence-corrected chi connectivity index (χ2v) is 4.73. The van der Waals surface area contributed by atoms with Gasteiger partial charge in [-0.3, -0.25) is 0 Å². The van der Waals surface area contributed by atoms with E-state index in [0.29, 0.717) is 0 Å². The molecule has 0 fully saturated rings. The van der Waals surface area contributed by atoms with Crippen molar-refractivity contribution >= 4 is 34.4 Å². The highest BCUT2D eigenvalue weighted by atomic mass is 127. The van der Waals surface area contributed by atoms with Crippen LogP contribution < -0.4 is 4.74 Å². The molecule has 0 aromatic heterocycles. The summed E-state index contributed by atoms with van der Waals surface area (Å²) in [7, 11) is 1.70. The van der Waals surface area contributed by atoms with Gasteiger partial charge in [0, 0.05) is 4.90 Å². The van der Waals surface area contributed by atoms with E-state index in [9.17, 15) is 0 Å². The molecule has 1 rings (SSSR count). The quantitative estimate of drug-likeness (QED) is 0.624. The minimum Gasteiger partial charge on any atom is -0.496 e. The lowest BCUT2D eigenvalue weighted by Gasteiger charge is -2.04. The van der Waals surface area contributed by atoms with Crippen LogP contribution in [0.15, 0.2) is 23.1 Å². The topological polar surface area (TPSA) is 9.23 Å². The van der Waals surface area contributed by atoms with E-state index in [1.807, 2.05) is 17.8 Å². The fourth-order valence-corrected chi connectivity index (χ4v) is 2.55. The summed E-state index contributed by atoms with van der Waals surface area (Å²) in [5.74, 6) is 2.07. The molecule has 3 heteroatoms. The van der Waals surface area contributed by atoms with Crippen LogP contribution in [0.4, 0.5) is 0 Å². The highest BCUT2D eigenvalue weighted by Gasteiger charge is 1.99. The average Bonchev–Trinajstić information content (AvgIpc) is 2.05. The number of rotatable bonds is 3. The minimum absolute atomic E-state index is 0.955. The summed E-state index contributed by atoms with van der Waals surface area (Å²) < 4.78 is 6.34. The molecule has 1 aromatic rings. The van der Waals surface area contributed by atoms with E-state index in [2.05, 4.69) is 41.6 Å². The maximum absolute atomic E-state index is 5.16. The first kappa shape index (κ1) is 10.2. The summed E-state index contributed by atoms with van der Waals surface area (Å²) in [4.78, 5) is 1.31. The molecule has 1 aromatic carbocycles. The van der Waals surface area contributed by atoms with Gasteiger partial charge in [-0.05, 0) is 46.5 Å². The molecule has 0 spiro atoms. The molecule has 12 heavy (non-hydrogen) atoms. The number of halogens is 1. The Hall–Kier alpha value is 0.100. The predicted octanol–water partition coefficient (Wildman–Crippen LogP) is 3.41. The normalized spacial score (nSPS) is 9.92. The van der Waals surface area contributed by atoms with Crippen molar-refractivity contribution in [1.29, 1.82) is 0 Å². The van der Waals surface area contributed by atoms with E-state index in [-0.39, 0.29) is 0 Å². The summed E-state index contributed by atoms with van der Waals surface area (Å²) in [6, 6.07) is 6.25. The number of methoxy groups -OCH3 is 1. The zero-order valence-corrected chi connectivity index (χ0v) is 10.1. The van der Waals surface area contributed by atoms with Gasteiger partial charge in [0.1, 0.15) is 5.75 Å². The van der Waals surface area contributed by atoms with Gasteiger partial charge in [-0.15, -0.1) is 11.8 Å². The lowest BCUT2D eigenvalue weighted by atomic mass is 10.3. The van der Waals surface area contributed by atoms with Gasteiger partial charge in [0.2, 0.25) is 0 Å². The molecule has 0 aliphatic carbocycles. The summed E-state index contributed by atoms with van der Waals surface area (Å²) in [6.45, 7) is 2.15. The molecular formula is C9H11IOS. The Labute approximate surface area is 91.0 Å². The molecular weight excluding hydrogens is 283 g/mol. The van der Waals surface area contributed by atoms with E-state index in [4.69, 9.17) is 4.74 Å². The van der Waals surface area contributed by atoms with Gasteiger partial charge in [0.15, 0.2) is 0 Å². The Kier molecular flexibility index (Phi) is 4.21. The largest absolute Gasteiger partial charge is 0.496 e. The summed E-state index contributed by atoms with van der Waals surface area (Å²) >= 11 is 4.14. The number of ether oxygens (including phenoxy) is 1. The Morgan fingerprint density at radius 3 is 2.75 bits per heavy atom. The van der Waals surface area contributed by atoms with Gasteiger partial charge in [-0.25, -0.2) is 0 Å². The van der Waals surface area contributed by atoms with Crippen molar-refractivity contribution in [2.75, 3.05) is 12.9 Å². The van der Waals surface area contributed by atoms with E-state index in [1.165, 1.54) is 8.47 Å². The van der Waals surface area contributed by atoms with E-state index in [0.717, 1.165) is 11.5 Å². The second kappa shape index (κ2) is 4.97. The minimum atomic E-state index is 0.955. The van der Waals surface area contributed by atoms with Gasteiger partial charge in [-0.1, -0.05) is 6.92 Å². The van der Waals surface area contributed by atoms with Crippen molar-refractivity contribution in [1.82, 2.24) is 0 Å². The zero-order valence-electron chi connectivity index (χ0n) is 7.13. The van der Waals surface area contributed by atoms with Crippen molar-refractivity contribution in [3.05, 3.63) is 21.8 Å². The molecule has 0 heterocycles. The lowest BCUT2D eigenvalue weighted by molar-refractivity contribution is 0.411. The SMILES string of the molecule is CCSc1ccc(OC)c(I)c1. The summed E-state index contributed by atoms with van der Waals surface area (Å²) in [5, 5.41) is 0. The fourth-order valence-electron chi connectivity index (χ4n) is 0.904. The number of hydrogen-bond donors (Lipinski definition) is 0. The number of hydrogen-bond acceptors (Lipinski definition) is 2. The molecule has 0 atom stereocenters. The Morgan fingerprint density at radius 2 is 2.25 bits per heavy atom. The smallest absolute Gasteiger partial charge is 0.132 e. The van der Waals surface area contributed by atoms with Crippen LogP contribution in [-0.2, 0) is 0 Å². The van der Waals surface area contributed by atoms with Crippen LogP contribution in [0.2, 0.25) is 0 Å². The van der Waals surface area contributed by atoms with Crippen molar-refractivity contribution in [2.45, 2.75) is 11.8 Å². The Bertz CT molecular complexity index is 263. The molecule has 0 unspecified atom stereocenters. The molecule has 0 amide bonds. The molecule has 0 aliphatic heterocycles. The maximum atomic E-state index is 5.16. The standard InChI is InChI=1S/C9H11IOS/c1-3-12-7-4-5-9(11-2)8(10)6-7/h4-6H,3H2,1-2H3. The van der Waals surface area contributed by atoms with Crippen molar-refractivity contribution < 1.29 is 4.74 Å². The third kappa shape index (κ3) is 2.55. The highest BCUT2D eigenvalue weighted by molar-refractivity contribution is 14.1. The summed E-state index contributed by atoms with van der Waals surface area (Å²) in [5.41, 5.74) is 0. The van der Waals surface area contributed by atoms with E-state index in [1.54, 1.807) is 7.11 Å².